The van der Waals surface area contributed by atoms with Crippen LogP contribution in [0.25, 0.3) is 10.9 Å². The summed E-state index contributed by atoms with van der Waals surface area (Å²) in [4.78, 5) is 4.68. The first kappa shape index (κ1) is 9.24. The van der Waals surface area contributed by atoms with Crippen molar-refractivity contribution in [2.75, 3.05) is 13.4 Å². The first-order chi connectivity index (χ1) is 8.40. The van der Waals surface area contributed by atoms with Gasteiger partial charge in [0.1, 0.15) is 0 Å². The lowest BCUT2D eigenvalue weighted by Gasteiger charge is -2.16. The van der Waals surface area contributed by atoms with Crippen LogP contribution >= 0.6 is 0 Å². The van der Waals surface area contributed by atoms with Gasteiger partial charge in [-0.15, -0.1) is 0 Å². The molecule has 0 fully saturated rings. The van der Waals surface area contributed by atoms with Gasteiger partial charge in [0.15, 0.2) is 11.5 Å². The fourth-order valence-corrected chi connectivity index (χ4v) is 2.34. The predicted molar refractivity (Wildman–Crippen MR) is 61.2 cm³/mol. The molecule has 1 aromatic carbocycles. The van der Waals surface area contributed by atoms with E-state index in [1.807, 2.05) is 12.1 Å². The third-order valence-electron chi connectivity index (χ3n) is 3.22. The van der Waals surface area contributed by atoms with Gasteiger partial charge in [0.05, 0.1) is 18.7 Å². The van der Waals surface area contributed by atoms with Gasteiger partial charge in [0.25, 0.3) is 0 Å². The van der Waals surface area contributed by atoms with Gasteiger partial charge in [0.2, 0.25) is 6.79 Å². The van der Waals surface area contributed by atoms with Gasteiger partial charge in [-0.1, -0.05) is 0 Å². The molecule has 0 radical (unpaired) electrons. The van der Waals surface area contributed by atoms with Gasteiger partial charge in [-0.3, -0.25) is 4.98 Å². The van der Waals surface area contributed by atoms with Gasteiger partial charge in [0, 0.05) is 23.6 Å². The van der Waals surface area contributed by atoms with E-state index < -0.39 is 0 Å². The second kappa shape index (κ2) is 3.34. The number of benzene rings is 1. The molecule has 86 valence electrons. The van der Waals surface area contributed by atoms with Crippen LogP contribution in [0.2, 0.25) is 0 Å². The molecule has 4 rings (SSSR count). The van der Waals surface area contributed by atoms with Crippen molar-refractivity contribution >= 4 is 10.9 Å². The summed E-state index contributed by atoms with van der Waals surface area (Å²) >= 11 is 0. The van der Waals surface area contributed by atoms with Crippen LogP contribution in [0.1, 0.15) is 11.3 Å². The number of pyridine rings is 1. The van der Waals surface area contributed by atoms with Gasteiger partial charge in [-0.05, 0) is 17.7 Å². The average molecular weight is 229 g/mol. The maximum atomic E-state index is 5.44. The molecular formula is C13H11NO3. The Bertz CT molecular complexity index is 557. The fraction of sp³-hybridized carbons (Fsp3) is 0.308. The molecule has 2 aliphatic rings. The van der Waals surface area contributed by atoms with Crippen LogP contribution < -0.4 is 9.47 Å². The highest BCUT2D eigenvalue weighted by Crippen LogP contribution is 2.36. The standard InChI is InChI=1S/C13H11NO3/c1-2-15-6-9-3-8-4-12-13(17-7-16-12)5-11(8)14-10(1)9/h3-5H,1-2,6-7H2. The summed E-state index contributed by atoms with van der Waals surface area (Å²) in [5.41, 5.74) is 3.29. The molecule has 0 unspecified atom stereocenters. The van der Waals surface area contributed by atoms with E-state index in [9.17, 15) is 0 Å². The van der Waals surface area contributed by atoms with Crippen LogP contribution in [0.5, 0.6) is 11.5 Å². The molecule has 0 saturated heterocycles. The van der Waals surface area contributed by atoms with Crippen molar-refractivity contribution in [3.8, 4) is 11.5 Å². The highest BCUT2D eigenvalue weighted by Gasteiger charge is 2.17. The first-order valence-electron chi connectivity index (χ1n) is 5.70. The summed E-state index contributed by atoms with van der Waals surface area (Å²) in [6.45, 7) is 1.72. The molecule has 0 saturated carbocycles. The van der Waals surface area contributed by atoms with E-state index in [-0.39, 0.29) is 0 Å². The largest absolute Gasteiger partial charge is 0.454 e. The third kappa shape index (κ3) is 1.37. The number of ether oxygens (including phenoxy) is 3. The lowest BCUT2D eigenvalue weighted by molar-refractivity contribution is 0.109. The Morgan fingerprint density at radius 2 is 1.94 bits per heavy atom. The zero-order valence-corrected chi connectivity index (χ0v) is 9.23. The normalized spacial score (nSPS) is 17.2. The molecule has 0 N–H and O–H groups in total. The van der Waals surface area contributed by atoms with Crippen molar-refractivity contribution in [1.29, 1.82) is 0 Å². The van der Waals surface area contributed by atoms with Crippen molar-refractivity contribution in [2.24, 2.45) is 0 Å². The van der Waals surface area contributed by atoms with E-state index in [0.29, 0.717) is 13.4 Å². The summed E-state index contributed by atoms with van der Waals surface area (Å²) in [6.07, 6.45) is 0.889. The Morgan fingerprint density at radius 1 is 1.06 bits per heavy atom. The molecule has 3 heterocycles. The number of hydrogen-bond donors (Lipinski definition) is 0. The maximum absolute atomic E-state index is 5.44. The van der Waals surface area contributed by atoms with Gasteiger partial charge in [-0.2, -0.15) is 0 Å². The topological polar surface area (TPSA) is 40.6 Å². The van der Waals surface area contributed by atoms with E-state index >= 15 is 0 Å². The van der Waals surface area contributed by atoms with Crippen LogP contribution in [0.15, 0.2) is 18.2 Å². The predicted octanol–water partition coefficient (Wildman–Crippen LogP) is 2.04. The molecule has 0 bridgehead atoms. The summed E-state index contributed by atoms with van der Waals surface area (Å²) in [7, 11) is 0. The maximum Gasteiger partial charge on any atom is 0.231 e. The summed E-state index contributed by atoms with van der Waals surface area (Å²) in [6, 6.07) is 6.08. The van der Waals surface area contributed by atoms with E-state index in [2.05, 4.69) is 11.1 Å². The second-order valence-electron chi connectivity index (χ2n) is 4.29. The molecule has 2 aromatic rings. The van der Waals surface area contributed by atoms with Crippen molar-refractivity contribution < 1.29 is 14.2 Å². The van der Waals surface area contributed by atoms with Crippen LogP contribution in [-0.4, -0.2) is 18.4 Å². The molecule has 0 amide bonds. The Hall–Kier alpha value is -1.81. The van der Waals surface area contributed by atoms with Crippen molar-refractivity contribution in [1.82, 2.24) is 4.98 Å². The monoisotopic (exact) mass is 229 g/mol. The van der Waals surface area contributed by atoms with Gasteiger partial charge in [-0.25, -0.2) is 0 Å². The molecule has 4 heteroatoms. The smallest absolute Gasteiger partial charge is 0.231 e. The molecule has 0 aliphatic carbocycles. The zero-order chi connectivity index (χ0) is 11.2. The Morgan fingerprint density at radius 3 is 2.88 bits per heavy atom. The first-order valence-corrected chi connectivity index (χ1v) is 5.70. The summed E-state index contributed by atoms with van der Waals surface area (Å²) < 4.78 is 16.2. The van der Waals surface area contributed by atoms with Crippen LogP contribution in [0.4, 0.5) is 0 Å². The van der Waals surface area contributed by atoms with Crippen LogP contribution in [0, 0.1) is 0 Å². The van der Waals surface area contributed by atoms with Crippen LogP contribution in [-0.2, 0) is 17.8 Å². The second-order valence-corrected chi connectivity index (χ2v) is 4.29. The molecule has 2 aliphatic heterocycles. The van der Waals surface area contributed by atoms with E-state index in [0.717, 1.165) is 41.1 Å². The minimum Gasteiger partial charge on any atom is -0.454 e. The lowest BCUT2D eigenvalue weighted by Crippen LogP contribution is -2.11. The average Bonchev–Trinajstić information content (AvgIpc) is 2.80. The quantitative estimate of drug-likeness (QED) is 0.693. The van der Waals surface area contributed by atoms with Gasteiger partial charge < -0.3 is 14.2 Å². The molecule has 0 spiro atoms. The molecular weight excluding hydrogens is 218 g/mol. The molecule has 4 nitrogen and oxygen atoms in total. The number of hydrogen-bond acceptors (Lipinski definition) is 4. The Labute approximate surface area is 98.1 Å². The highest BCUT2D eigenvalue weighted by atomic mass is 16.7. The molecule has 0 atom stereocenters. The Balaban J connectivity index is 1.97. The zero-order valence-electron chi connectivity index (χ0n) is 9.23. The van der Waals surface area contributed by atoms with Crippen molar-refractivity contribution in [3.63, 3.8) is 0 Å². The number of nitrogens with zero attached hydrogens (tertiary/aromatic N) is 1. The SMILES string of the molecule is c1c2c(nc3cc4c(cc13)OCO4)CCOC2. The number of aromatic nitrogens is 1. The lowest BCUT2D eigenvalue weighted by atomic mass is 10.1. The fourth-order valence-electron chi connectivity index (χ4n) is 2.34. The summed E-state index contributed by atoms with van der Waals surface area (Å²) in [5.74, 6) is 1.59. The van der Waals surface area contributed by atoms with E-state index in [4.69, 9.17) is 14.2 Å². The minimum atomic E-state index is 0.300. The van der Waals surface area contributed by atoms with Gasteiger partial charge >= 0.3 is 0 Å². The summed E-state index contributed by atoms with van der Waals surface area (Å²) in [5, 5.41) is 1.08. The van der Waals surface area contributed by atoms with E-state index in [1.165, 1.54) is 5.56 Å². The van der Waals surface area contributed by atoms with Crippen LogP contribution in [0.3, 0.4) is 0 Å². The minimum absolute atomic E-state index is 0.300. The third-order valence-corrected chi connectivity index (χ3v) is 3.22. The van der Waals surface area contributed by atoms with Crippen molar-refractivity contribution in [3.05, 3.63) is 29.5 Å². The molecule has 17 heavy (non-hydrogen) atoms. The number of rotatable bonds is 0. The number of fused-ring (bicyclic) bond motifs is 3. The molecule has 1 aromatic heterocycles. The van der Waals surface area contributed by atoms with E-state index in [1.54, 1.807) is 0 Å². The Kier molecular flexibility index (Phi) is 1.82. The highest BCUT2D eigenvalue weighted by molar-refractivity contribution is 5.83. The van der Waals surface area contributed by atoms with Crippen molar-refractivity contribution in [2.45, 2.75) is 13.0 Å².